The molecule has 15 heavy (non-hydrogen) atoms. The van der Waals surface area contributed by atoms with Crippen molar-refractivity contribution in [3.63, 3.8) is 0 Å². The van der Waals surface area contributed by atoms with Crippen molar-refractivity contribution in [3.8, 4) is 0 Å². The van der Waals surface area contributed by atoms with Gasteiger partial charge in [-0.15, -0.1) is 0 Å². The molecule has 1 fully saturated rings. The van der Waals surface area contributed by atoms with Gasteiger partial charge in [-0.05, 0) is 27.3 Å². The van der Waals surface area contributed by atoms with Crippen LogP contribution in [-0.4, -0.2) is 54.0 Å². The van der Waals surface area contributed by atoms with Crippen LogP contribution in [0.4, 0.5) is 0 Å². The molecule has 2 N–H and O–H groups in total. The summed E-state index contributed by atoms with van der Waals surface area (Å²) >= 11 is 0. The van der Waals surface area contributed by atoms with Crippen LogP contribution in [0.2, 0.25) is 0 Å². The Bertz CT molecular complexity index is 240. The first kappa shape index (κ1) is 12.5. The van der Waals surface area contributed by atoms with Crippen molar-refractivity contribution in [2.45, 2.75) is 38.8 Å². The molecular formula is C11H23N3O. The Labute approximate surface area is 92.4 Å². The number of rotatable bonds is 3. The third kappa shape index (κ3) is 2.32. The monoisotopic (exact) mass is 213 g/mol. The van der Waals surface area contributed by atoms with Gasteiger partial charge in [0.2, 0.25) is 5.91 Å². The van der Waals surface area contributed by atoms with Crippen LogP contribution in [0.5, 0.6) is 0 Å². The molecule has 1 aliphatic heterocycles. The van der Waals surface area contributed by atoms with Gasteiger partial charge in [-0.1, -0.05) is 6.92 Å². The highest BCUT2D eigenvalue weighted by molar-refractivity contribution is 5.83. The third-order valence-electron chi connectivity index (χ3n) is 3.12. The molecular weight excluding hydrogens is 190 g/mol. The van der Waals surface area contributed by atoms with Crippen LogP contribution in [-0.2, 0) is 4.79 Å². The van der Waals surface area contributed by atoms with Crippen LogP contribution in [0.15, 0.2) is 0 Å². The summed E-state index contributed by atoms with van der Waals surface area (Å²) in [5.74, 6) is 0.179. The summed E-state index contributed by atoms with van der Waals surface area (Å²) in [7, 11) is 1.97. The van der Waals surface area contributed by atoms with Crippen molar-refractivity contribution in [3.05, 3.63) is 0 Å². The fraction of sp³-hybridized carbons (Fsp3) is 0.909. The van der Waals surface area contributed by atoms with Crippen LogP contribution in [0.25, 0.3) is 0 Å². The number of nitrogens with two attached hydrogens (primary N) is 1. The molecule has 1 saturated heterocycles. The average Bonchev–Trinajstić information content (AvgIpc) is 2.12. The zero-order valence-electron chi connectivity index (χ0n) is 10.3. The first-order valence-electron chi connectivity index (χ1n) is 5.66. The van der Waals surface area contributed by atoms with E-state index < -0.39 is 0 Å². The number of amides is 1. The fourth-order valence-electron chi connectivity index (χ4n) is 2.39. The molecule has 0 spiro atoms. The molecule has 0 saturated carbocycles. The van der Waals surface area contributed by atoms with Gasteiger partial charge in [0.1, 0.15) is 6.04 Å². The number of likely N-dealkylation sites (N-methyl/N-ethyl adjacent to an activating group) is 1. The van der Waals surface area contributed by atoms with E-state index in [0.717, 1.165) is 19.5 Å². The minimum atomic E-state index is -0.135. The summed E-state index contributed by atoms with van der Waals surface area (Å²) in [6, 6.07) is -0.135. The fourth-order valence-corrected chi connectivity index (χ4v) is 2.39. The number of hydrogen-bond acceptors (Lipinski definition) is 3. The molecule has 1 aliphatic rings. The molecule has 0 aliphatic carbocycles. The number of hydrogen-bond donors (Lipinski definition) is 1. The maximum absolute atomic E-state index is 12.2. The molecule has 0 bridgehead atoms. The van der Waals surface area contributed by atoms with E-state index in [1.165, 1.54) is 0 Å². The van der Waals surface area contributed by atoms with Gasteiger partial charge in [0, 0.05) is 25.2 Å². The Kier molecular flexibility index (Phi) is 3.73. The molecule has 0 radical (unpaired) electrons. The van der Waals surface area contributed by atoms with Crippen LogP contribution >= 0.6 is 0 Å². The predicted molar refractivity (Wildman–Crippen MR) is 61.6 cm³/mol. The van der Waals surface area contributed by atoms with Crippen LogP contribution < -0.4 is 5.73 Å². The van der Waals surface area contributed by atoms with Gasteiger partial charge in [-0.2, -0.15) is 0 Å². The van der Waals surface area contributed by atoms with Gasteiger partial charge in [0.25, 0.3) is 0 Å². The SMILES string of the molecule is CCCN1C(=O)C(CN)N(C)CC1(C)C. The lowest BCUT2D eigenvalue weighted by molar-refractivity contribution is -0.149. The van der Waals surface area contributed by atoms with E-state index in [0.29, 0.717) is 6.54 Å². The van der Waals surface area contributed by atoms with Crippen molar-refractivity contribution >= 4 is 5.91 Å². The molecule has 0 aromatic carbocycles. The number of carbonyl (C=O) groups excluding carboxylic acids is 1. The lowest BCUT2D eigenvalue weighted by atomic mass is 9.95. The lowest BCUT2D eigenvalue weighted by Crippen LogP contribution is -2.66. The highest BCUT2D eigenvalue weighted by Gasteiger charge is 2.41. The van der Waals surface area contributed by atoms with E-state index in [2.05, 4.69) is 25.7 Å². The number of piperazine rings is 1. The Morgan fingerprint density at radius 3 is 2.60 bits per heavy atom. The van der Waals surface area contributed by atoms with Crippen molar-refractivity contribution in [2.75, 3.05) is 26.7 Å². The van der Waals surface area contributed by atoms with Crippen LogP contribution in [0.1, 0.15) is 27.2 Å². The molecule has 1 atom stereocenters. The molecule has 1 unspecified atom stereocenters. The van der Waals surface area contributed by atoms with Crippen molar-refractivity contribution in [2.24, 2.45) is 5.73 Å². The quantitative estimate of drug-likeness (QED) is 0.732. The van der Waals surface area contributed by atoms with E-state index in [1.807, 2.05) is 11.9 Å². The predicted octanol–water partition coefficient (Wildman–Crippen LogP) is 0.276. The lowest BCUT2D eigenvalue weighted by Gasteiger charge is -2.49. The van der Waals surface area contributed by atoms with Gasteiger partial charge in [0.05, 0.1) is 0 Å². The standard InChI is InChI=1S/C11H23N3O/c1-5-6-14-10(15)9(7-12)13(4)8-11(14,2)3/h9H,5-8,12H2,1-4H3. The van der Waals surface area contributed by atoms with Crippen LogP contribution in [0, 0.1) is 0 Å². The second-order valence-electron chi connectivity index (χ2n) is 4.97. The maximum Gasteiger partial charge on any atom is 0.241 e. The summed E-state index contributed by atoms with van der Waals surface area (Å²) in [6.45, 7) is 8.45. The van der Waals surface area contributed by atoms with Gasteiger partial charge in [0.15, 0.2) is 0 Å². The van der Waals surface area contributed by atoms with E-state index in [1.54, 1.807) is 0 Å². The topological polar surface area (TPSA) is 49.6 Å². The molecule has 0 aromatic heterocycles. The molecule has 4 nitrogen and oxygen atoms in total. The van der Waals surface area contributed by atoms with E-state index in [-0.39, 0.29) is 17.5 Å². The molecule has 1 rings (SSSR count). The largest absolute Gasteiger partial charge is 0.335 e. The summed E-state index contributed by atoms with van der Waals surface area (Å²) in [6.07, 6.45) is 0.996. The van der Waals surface area contributed by atoms with E-state index in [9.17, 15) is 4.79 Å². The second-order valence-corrected chi connectivity index (χ2v) is 4.97. The Morgan fingerprint density at radius 1 is 1.53 bits per heavy atom. The molecule has 1 amide bonds. The second kappa shape index (κ2) is 4.49. The summed E-state index contributed by atoms with van der Waals surface area (Å²) in [5.41, 5.74) is 5.57. The zero-order chi connectivity index (χ0) is 11.6. The Morgan fingerprint density at radius 2 is 2.13 bits per heavy atom. The number of nitrogens with zero attached hydrogens (tertiary/aromatic N) is 2. The molecule has 4 heteroatoms. The highest BCUT2D eigenvalue weighted by Crippen LogP contribution is 2.24. The molecule has 88 valence electrons. The first-order valence-corrected chi connectivity index (χ1v) is 5.66. The molecule has 0 aromatic rings. The van der Waals surface area contributed by atoms with Crippen molar-refractivity contribution < 1.29 is 4.79 Å². The number of carbonyl (C=O) groups is 1. The van der Waals surface area contributed by atoms with Gasteiger partial charge in [-0.3, -0.25) is 9.69 Å². The normalized spacial score (nSPS) is 27.1. The maximum atomic E-state index is 12.2. The first-order chi connectivity index (χ1) is 6.94. The van der Waals surface area contributed by atoms with Crippen molar-refractivity contribution in [1.82, 2.24) is 9.80 Å². The zero-order valence-corrected chi connectivity index (χ0v) is 10.3. The van der Waals surface area contributed by atoms with Gasteiger partial charge >= 0.3 is 0 Å². The summed E-state index contributed by atoms with van der Waals surface area (Å²) < 4.78 is 0. The van der Waals surface area contributed by atoms with E-state index in [4.69, 9.17) is 5.73 Å². The third-order valence-corrected chi connectivity index (χ3v) is 3.12. The highest BCUT2D eigenvalue weighted by atomic mass is 16.2. The Balaban J connectivity index is 2.87. The summed E-state index contributed by atoms with van der Waals surface area (Å²) in [4.78, 5) is 16.2. The minimum Gasteiger partial charge on any atom is -0.335 e. The smallest absolute Gasteiger partial charge is 0.241 e. The molecule has 1 heterocycles. The van der Waals surface area contributed by atoms with Crippen LogP contribution in [0.3, 0.4) is 0 Å². The Hall–Kier alpha value is -0.610. The average molecular weight is 213 g/mol. The van der Waals surface area contributed by atoms with Gasteiger partial charge in [-0.25, -0.2) is 0 Å². The van der Waals surface area contributed by atoms with E-state index >= 15 is 0 Å². The minimum absolute atomic E-state index is 0.0759. The summed E-state index contributed by atoms with van der Waals surface area (Å²) in [5, 5.41) is 0. The van der Waals surface area contributed by atoms with Gasteiger partial charge < -0.3 is 10.6 Å². The van der Waals surface area contributed by atoms with Crippen molar-refractivity contribution in [1.29, 1.82) is 0 Å².